The van der Waals surface area contributed by atoms with E-state index in [0.717, 1.165) is 19.5 Å². The first kappa shape index (κ1) is 12.9. The standard InChI is InChI=1S/C14H20N2O2S/c1-11-10-19(17,18)7-6-16(11)9-12-2-3-13-4-5-15-14(13)8-12/h2-3,8,11,15H,4-7,9-10H2,1H3. The second-order valence-electron chi connectivity index (χ2n) is 5.60. The van der Waals surface area contributed by atoms with Gasteiger partial charge in [-0.05, 0) is 30.5 Å². The Labute approximate surface area is 114 Å². The average Bonchev–Trinajstić information content (AvgIpc) is 2.79. The summed E-state index contributed by atoms with van der Waals surface area (Å²) in [6, 6.07) is 6.68. The summed E-state index contributed by atoms with van der Waals surface area (Å²) in [6.07, 6.45) is 1.11. The quantitative estimate of drug-likeness (QED) is 0.886. The molecule has 1 N–H and O–H groups in total. The molecule has 2 heterocycles. The van der Waals surface area contributed by atoms with Crippen LogP contribution >= 0.6 is 0 Å². The molecule has 0 saturated carbocycles. The highest BCUT2D eigenvalue weighted by atomic mass is 32.2. The van der Waals surface area contributed by atoms with E-state index in [0.29, 0.717) is 12.3 Å². The Morgan fingerprint density at radius 3 is 3.05 bits per heavy atom. The number of nitrogens with one attached hydrogen (secondary N) is 1. The lowest BCUT2D eigenvalue weighted by molar-refractivity contribution is 0.218. The van der Waals surface area contributed by atoms with Crippen molar-refractivity contribution < 1.29 is 8.42 Å². The predicted molar refractivity (Wildman–Crippen MR) is 77.2 cm³/mol. The molecule has 1 saturated heterocycles. The fourth-order valence-corrected chi connectivity index (χ4v) is 4.56. The number of nitrogens with zero attached hydrogens (tertiary/aromatic N) is 1. The Balaban J connectivity index is 1.72. The molecule has 1 aromatic rings. The number of benzene rings is 1. The summed E-state index contributed by atoms with van der Waals surface area (Å²) in [5.41, 5.74) is 3.90. The van der Waals surface area contributed by atoms with Gasteiger partial charge in [0.05, 0.1) is 11.5 Å². The first-order chi connectivity index (χ1) is 9.03. The summed E-state index contributed by atoms with van der Waals surface area (Å²) >= 11 is 0. The zero-order chi connectivity index (χ0) is 13.5. The molecule has 1 atom stereocenters. The van der Waals surface area contributed by atoms with E-state index >= 15 is 0 Å². The normalized spacial score (nSPS) is 25.8. The van der Waals surface area contributed by atoms with Gasteiger partial charge in [-0.3, -0.25) is 4.90 Å². The molecule has 1 unspecified atom stereocenters. The van der Waals surface area contributed by atoms with Crippen molar-refractivity contribution in [3.8, 4) is 0 Å². The van der Waals surface area contributed by atoms with Gasteiger partial charge < -0.3 is 5.32 Å². The van der Waals surface area contributed by atoms with Crippen molar-refractivity contribution in [3.05, 3.63) is 29.3 Å². The first-order valence-corrected chi connectivity index (χ1v) is 8.66. The fraction of sp³-hybridized carbons (Fsp3) is 0.571. The number of fused-ring (bicyclic) bond motifs is 1. The van der Waals surface area contributed by atoms with Crippen molar-refractivity contribution in [2.75, 3.05) is 29.9 Å². The molecule has 0 radical (unpaired) electrons. The number of hydrogen-bond acceptors (Lipinski definition) is 4. The maximum atomic E-state index is 11.6. The Kier molecular flexibility index (Phi) is 3.27. The van der Waals surface area contributed by atoms with Crippen LogP contribution in [0.5, 0.6) is 0 Å². The van der Waals surface area contributed by atoms with Gasteiger partial charge in [0.1, 0.15) is 0 Å². The lowest BCUT2D eigenvalue weighted by Gasteiger charge is -2.33. The van der Waals surface area contributed by atoms with Gasteiger partial charge in [0.15, 0.2) is 9.84 Å². The van der Waals surface area contributed by atoms with Crippen LogP contribution in [0, 0.1) is 0 Å². The monoisotopic (exact) mass is 280 g/mol. The Bertz CT molecular complexity index is 583. The van der Waals surface area contributed by atoms with Crippen molar-refractivity contribution >= 4 is 15.5 Å². The smallest absolute Gasteiger partial charge is 0.153 e. The number of hydrogen-bond donors (Lipinski definition) is 1. The average molecular weight is 280 g/mol. The lowest BCUT2D eigenvalue weighted by Crippen LogP contribution is -2.46. The van der Waals surface area contributed by atoms with Gasteiger partial charge in [-0.25, -0.2) is 8.42 Å². The van der Waals surface area contributed by atoms with Crippen LogP contribution < -0.4 is 5.32 Å². The van der Waals surface area contributed by atoms with Gasteiger partial charge in [0, 0.05) is 31.4 Å². The number of sulfone groups is 1. The minimum Gasteiger partial charge on any atom is -0.384 e. The summed E-state index contributed by atoms with van der Waals surface area (Å²) < 4.78 is 23.2. The van der Waals surface area contributed by atoms with Crippen molar-refractivity contribution in [1.29, 1.82) is 0 Å². The van der Waals surface area contributed by atoms with E-state index in [1.165, 1.54) is 16.8 Å². The lowest BCUT2D eigenvalue weighted by atomic mass is 10.1. The van der Waals surface area contributed by atoms with E-state index in [9.17, 15) is 8.42 Å². The van der Waals surface area contributed by atoms with E-state index in [2.05, 4.69) is 28.4 Å². The summed E-state index contributed by atoms with van der Waals surface area (Å²) in [4.78, 5) is 2.26. The van der Waals surface area contributed by atoms with E-state index in [4.69, 9.17) is 0 Å². The van der Waals surface area contributed by atoms with Gasteiger partial charge in [-0.1, -0.05) is 12.1 Å². The number of anilines is 1. The molecule has 4 nitrogen and oxygen atoms in total. The second-order valence-corrected chi connectivity index (χ2v) is 7.83. The molecule has 104 valence electrons. The molecule has 1 fully saturated rings. The highest BCUT2D eigenvalue weighted by Crippen LogP contribution is 2.24. The first-order valence-electron chi connectivity index (χ1n) is 6.84. The molecule has 2 aliphatic rings. The minimum atomic E-state index is -2.82. The number of rotatable bonds is 2. The third kappa shape index (κ3) is 2.77. The molecule has 0 aliphatic carbocycles. The van der Waals surface area contributed by atoms with Gasteiger partial charge in [-0.15, -0.1) is 0 Å². The molecule has 1 aromatic carbocycles. The highest BCUT2D eigenvalue weighted by Gasteiger charge is 2.28. The molecule has 5 heteroatoms. The molecule has 2 aliphatic heterocycles. The highest BCUT2D eigenvalue weighted by molar-refractivity contribution is 7.91. The van der Waals surface area contributed by atoms with Crippen molar-refractivity contribution in [2.45, 2.75) is 25.9 Å². The van der Waals surface area contributed by atoms with Gasteiger partial charge in [0.25, 0.3) is 0 Å². The molecule has 0 bridgehead atoms. The fourth-order valence-electron chi connectivity index (χ4n) is 2.94. The van der Waals surface area contributed by atoms with Crippen LogP contribution in [0.25, 0.3) is 0 Å². The largest absolute Gasteiger partial charge is 0.384 e. The van der Waals surface area contributed by atoms with Crippen LogP contribution in [0.2, 0.25) is 0 Å². The zero-order valence-electron chi connectivity index (χ0n) is 11.2. The molecule has 0 aromatic heterocycles. The van der Waals surface area contributed by atoms with Crippen LogP contribution in [0.4, 0.5) is 5.69 Å². The van der Waals surface area contributed by atoms with E-state index < -0.39 is 9.84 Å². The summed E-state index contributed by atoms with van der Waals surface area (Å²) in [6.45, 7) is 4.51. The molecule has 3 rings (SSSR count). The third-order valence-corrected chi connectivity index (χ3v) is 5.87. The topological polar surface area (TPSA) is 49.4 Å². The van der Waals surface area contributed by atoms with Crippen LogP contribution in [0.3, 0.4) is 0 Å². The van der Waals surface area contributed by atoms with Crippen LogP contribution in [0.1, 0.15) is 18.1 Å². The van der Waals surface area contributed by atoms with Gasteiger partial charge in [-0.2, -0.15) is 0 Å². The molecular weight excluding hydrogens is 260 g/mol. The van der Waals surface area contributed by atoms with Crippen LogP contribution in [-0.4, -0.2) is 44.0 Å². The van der Waals surface area contributed by atoms with E-state index in [-0.39, 0.29) is 11.8 Å². The summed E-state index contributed by atoms with van der Waals surface area (Å²) in [5.74, 6) is 0.580. The van der Waals surface area contributed by atoms with E-state index in [1.54, 1.807) is 0 Å². The van der Waals surface area contributed by atoms with Crippen LogP contribution in [0.15, 0.2) is 18.2 Å². The molecule has 0 spiro atoms. The maximum absolute atomic E-state index is 11.6. The SMILES string of the molecule is CC1CS(=O)(=O)CCN1Cc1ccc2c(c1)NCC2. The Morgan fingerprint density at radius 2 is 2.26 bits per heavy atom. The summed E-state index contributed by atoms with van der Waals surface area (Å²) in [5, 5.41) is 3.39. The van der Waals surface area contributed by atoms with E-state index in [1.807, 2.05) is 6.92 Å². The molecular formula is C14H20N2O2S. The van der Waals surface area contributed by atoms with Gasteiger partial charge in [0.2, 0.25) is 0 Å². The van der Waals surface area contributed by atoms with Crippen molar-refractivity contribution in [1.82, 2.24) is 4.90 Å². The van der Waals surface area contributed by atoms with Gasteiger partial charge >= 0.3 is 0 Å². The summed E-state index contributed by atoms with van der Waals surface area (Å²) in [7, 11) is -2.82. The Morgan fingerprint density at radius 1 is 1.42 bits per heavy atom. The molecule has 19 heavy (non-hydrogen) atoms. The van der Waals surface area contributed by atoms with Crippen molar-refractivity contribution in [2.24, 2.45) is 0 Å². The maximum Gasteiger partial charge on any atom is 0.153 e. The third-order valence-electron chi connectivity index (χ3n) is 4.08. The van der Waals surface area contributed by atoms with Crippen LogP contribution in [-0.2, 0) is 22.8 Å². The second kappa shape index (κ2) is 4.80. The molecule has 0 amide bonds. The minimum absolute atomic E-state index is 0.111. The van der Waals surface area contributed by atoms with Crippen molar-refractivity contribution in [3.63, 3.8) is 0 Å². The predicted octanol–water partition coefficient (Wildman–Crippen LogP) is 1.27. The zero-order valence-corrected chi connectivity index (χ0v) is 12.0. The Hall–Kier alpha value is -1.07.